The minimum atomic E-state index is -0.241. The van der Waals surface area contributed by atoms with Gasteiger partial charge in [-0.15, -0.1) is 0 Å². The first-order valence-corrected chi connectivity index (χ1v) is 6.50. The number of ether oxygens (including phenoxy) is 2. The topological polar surface area (TPSA) is 73.3 Å². The maximum atomic E-state index is 12.0. The molecule has 21 heavy (non-hydrogen) atoms. The van der Waals surface area contributed by atoms with Crippen LogP contribution in [0.5, 0.6) is 11.9 Å². The van der Waals surface area contributed by atoms with Crippen molar-refractivity contribution in [2.45, 2.75) is 6.42 Å². The number of nitrogens with one attached hydrogen (secondary N) is 1. The van der Waals surface area contributed by atoms with Gasteiger partial charge in [-0.2, -0.15) is 4.98 Å². The Kier molecular flexibility index (Phi) is 4.94. The Balaban J connectivity index is 2.11. The van der Waals surface area contributed by atoms with Crippen molar-refractivity contribution < 1.29 is 14.3 Å². The third kappa shape index (κ3) is 3.82. The van der Waals surface area contributed by atoms with Crippen LogP contribution < -0.4 is 14.8 Å². The monoisotopic (exact) mass is 307 g/mol. The molecule has 0 bridgehead atoms. The van der Waals surface area contributed by atoms with Crippen LogP contribution in [-0.2, 0) is 11.2 Å². The summed E-state index contributed by atoms with van der Waals surface area (Å²) in [4.78, 5) is 20.0. The highest BCUT2D eigenvalue weighted by atomic mass is 35.5. The largest absolute Gasteiger partial charge is 0.479 e. The van der Waals surface area contributed by atoms with Gasteiger partial charge in [0.15, 0.2) is 0 Å². The third-order valence-corrected chi connectivity index (χ3v) is 3.06. The maximum absolute atomic E-state index is 12.0. The summed E-state index contributed by atoms with van der Waals surface area (Å²) in [5.41, 5.74) is 1.11. The Bertz CT molecular complexity index is 649. The van der Waals surface area contributed by atoms with E-state index in [2.05, 4.69) is 15.3 Å². The van der Waals surface area contributed by atoms with Crippen molar-refractivity contribution >= 4 is 23.2 Å². The first-order chi connectivity index (χ1) is 10.1. The van der Waals surface area contributed by atoms with Crippen molar-refractivity contribution in [2.75, 3.05) is 19.5 Å². The average Bonchev–Trinajstić information content (AvgIpc) is 2.50. The molecule has 6 nitrogen and oxygen atoms in total. The lowest BCUT2D eigenvalue weighted by molar-refractivity contribution is -0.115. The van der Waals surface area contributed by atoms with Gasteiger partial charge in [0, 0.05) is 5.02 Å². The Labute approximate surface area is 127 Å². The van der Waals surface area contributed by atoms with Gasteiger partial charge in [-0.3, -0.25) is 4.79 Å². The smallest absolute Gasteiger partial charge is 0.319 e. The van der Waals surface area contributed by atoms with Crippen LogP contribution in [0, 0.1) is 0 Å². The molecule has 0 unspecified atom stereocenters. The number of benzene rings is 1. The molecular formula is C14H14ClN3O3. The molecule has 0 saturated carbocycles. The van der Waals surface area contributed by atoms with Crippen molar-refractivity contribution in [3.8, 4) is 11.9 Å². The van der Waals surface area contributed by atoms with E-state index in [4.69, 9.17) is 21.1 Å². The first kappa shape index (κ1) is 15.1. The van der Waals surface area contributed by atoms with Crippen LogP contribution in [0.25, 0.3) is 0 Å². The van der Waals surface area contributed by atoms with Crippen LogP contribution in [0.3, 0.4) is 0 Å². The second kappa shape index (κ2) is 6.90. The quantitative estimate of drug-likeness (QED) is 0.917. The predicted molar refractivity (Wildman–Crippen MR) is 78.9 cm³/mol. The normalized spacial score (nSPS) is 10.0. The lowest BCUT2D eigenvalue weighted by atomic mass is 10.1. The summed E-state index contributed by atoms with van der Waals surface area (Å²) in [5, 5.41) is 3.23. The van der Waals surface area contributed by atoms with Crippen molar-refractivity contribution in [2.24, 2.45) is 0 Å². The van der Waals surface area contributed by atoms with Gasteiger partial charge in [-0.25, -0.2) is 4.98 Å². The van der Waals surface area contributed by atoms with Gasteiger partial charge in [0.25, 0.3) is 0 Å². The molecule has 1 N–H and O–H groups in total. The predicted octanol–water partition coefficient (Wildman–Crippen LogP) is 2.33. The lowest BCUT2D eigenvalue weighted by Gasteiger charge is -2.10. The number of hydrogen-bond acceptors (Lipinski definition) is 5. The lowest BCUT2D eigenvalue weighted by Crippen LogP contribution is -2.16. The molecule has 2 rings (SSSR count). The number of rotatable bonds is 5. The molecule has 0 aliphatic carbocycles. The first-order valence-electron chi connectivity index (χ1n) is 6.12. The summed E-state index contributed by atoms with van der Waals surface area (Å²) >= 11 is 6.02. The van der Waals surface area contributed by atoms with Crippen LogP contribution in [0.2, 0.25) is 5.02 Å². The Morgan fingerprint density at radius 2 is 2.05 bits per heavy atom. The zero-order valence-electron chi connectivity index (χ0n) is 11.6. The van der Waals surface area contributed by atoms with Gasteiger partial charge in [0.05, 0.1) is 26.8 Å². The molecule has 0 fully saturated rings. The molecule has 0 aliphatic heterocycles. The number of aromatic nitrogens is 2. The van der Waals surface area contributed by atoms with Gasteiger partial charge in [-0.05, 0) is 11.6 Å². The highest BCUT2D eigenvalue weighted by Crippen LogP contribution is 2.23. The fourth-order valence-corrected chi connectivity index (χ4v) is 1.90. The minimum absolute atomic E-state index is 0.148. The molecule has 1 heterocycles. The van der Waals surface area contributed by atoms with Crippen LogP contribution in [-0.4, -0.2) is 30.1 Å². The molecular weight excluding hydrogens is 294 g/mol. The summed E-state index contributed by atoms with van der Waals surface area (Å²) in [7, 11) is 2.90. The summed E-state index contributed by atoms with van der Waals surface area (Å²) < 4.78 is 9.99. The Morgan fingerprint density at radius 3 is 2.71 bits per heavy atom. The van der Waals surface area contributed by atoms with E-state index in [1.54, 1.807) is 12.1 Å². The average molecular weight is 308 g/mol. The highest BCUT2D eigenvalue weighted by Gasteiger charge is 2.12. The van der Waals surface area contributed by atoms with Gasteiger partial charge in [0.1, 0.15) is 5.69 Å². The van der Waals surface area contributed by atoms with E-state index < -0.39 is 0 Å². The van der Waals surface area contributed by atoms with Crippen LogP contribution in [0.1, 0.15) is 5.56 Å². The van der Waals surface area contributed by atoms with E-state index in [0.29, 0.717) is 10.7 Å². The molecule has 0 aliphatic rings. The van der Waals surface area contributed by atoms with E-state index in [1.807, 2.05) is 12.1 Å². The molecule has 2 aromatic rings. The number of carbonyl (C=O) groups excluding carboxylic acids is 1. The molecule has 1 aromatic carbocycles. The van der Waals surface area contributed by atoms with Crippen molar-refractivity contribution in [3.63, 3.8) is 0 Å². The van der Waals surface area contributed by atoms with E-state index in [1.165, 1.54) is 20.4 Å². The zero-order chi connectivity index (χ0) is 15.2. The second-order valence-electron chi connectivity index (χ2n) is 4.10. The van der Waals surface area contributed by atoms with Gasteiger partial charge in [-0.1, -0.05) is 29.8 Å². The summed E-state index contributed by atoms with van der Waals surface area (Å²) in [6.45, 7) is 0. The number of nitrogens with zero attached hydrogens (tertiary/aromatic N) is 2. The number of halogens is 1. The SMILES string of the molecule is COc1ncc(NC(=O)Cc2ccccc2Cl)c(OC)n1. The Morgan fingerprint density at radius 1 is 1.29 bits per heavy atom. The zero-order valence-corrected chi connectivity index (χ0v) is 12.3. The minimum Gasteiger partial charge on any atom is -0.479 e. The van der Waals surface area contributed by atoms with E-state index in [9.17, 15) is 4.79 Å². The van der Waals surface area contributed by atoms with Gasteiger partial charge < -0.3 is 14.8 Å². The molecule has 1 aromatic heterocycles. The summed E-state index contributed by atoms with van der Waals surface area (Å²) in [6, 6.07) is 7.33. The second-order valence-corrected chi connectivity index (χ2v) is 4.50. The van der Waals surface area contributed by atoms with E-state index in [-0.39, 0.29) is 24.2 Å². The number of anilines is 1. The summed E-state index contributed by atoms with van der Waals surface area (Å²) in [5.74, 6) is -0.00970. The molecule has 1 amide bonds. The highest BCUT2D eigenvalue weighted by molar-refractivity contribution is 6.31. The fourth-order valence-electron chi connectivity index (χ4n) is 1.70. The van der Waals surface area contributed by atoms with Crippen molar-refractivity contribution in [3.05, 3.63) is 41.0 Å². The molecule has 7 heteroatoms. The van der Waals surface area contributed by atoms with Gasteiger partial charge >= 0.3 is 6.01 Å². The molecule has 110 valence electrons. The van der Waals surface area contributed by atoms with Crippen LogP contribution >= 0.6 is 11.6 Å². The number of carbonyl (C=O) groups is 1. The van der Waals surface area contributed by atoms with Crippen LogP contribution in [0.15, 0.2) is 30.5 Å². The van der Waals surface area contributed by atoms with Crippen LogP contribution in [0.4, 0.5) is 5.69 Å². The van der Waals surface area contributed by atoms with Gasteiger partial charge in [0.2, 0.25) is 11.8 Å². The fraction of sp³-hybridized carbons (Fsp3) is 0.214. The standard InChI is InChI=1S/C14H14ClN3O3/c1-20-13-11(8-16-14(18-13)21-2)17-12(19)7-9-5-3-4-6-10(9)15/h3-6,8H,7H2,1-2H3,(H,17,19). The van der Waals surface area contributed by atoms with E-state index >= 15 is 0 Å². The molecule has 0 radical (unpaired) electrons. The number of methoxy groups -OCH3 is 2. The molecule has 0 saturated heterocycles. The molecule has 0 spiro atoms. The van der Waals surface area contributed by atoms with Crippen molar-refractivity contribution in [1.82, 2.24) is 9.97 Å². The third-order valence-electron chi connectivity index (χ3n) is 2.69. The number of hydrogen-bond donors (Lipinski definition) is 1. The Hall–Kier alpha value is -2.34. The summed E-state index contributed by atoms with van der Waals surface area (Å²) in [6.07, 6.45) is 1.57. The van der Waals surface area contributed by atoms with Crippen molar-refractivity contribution in [1.29, 1.82) is 0 Å². The maximum Gasteiger partial charge on any atom is 0.319 e. The molecule has 0 atom stereocenters. The number of amides is 1. The van der Waals surface area contributed by atoms with E-state index in [0.717, 1.165) is 5.56 Å².